The highest BCUT2D eigenvalue weighted by molar-refractivity contribution is 5.72. The summed E-state index contributed by atoms with van der Waals surface area (Å²) in [7, 11) is 0. The summed E-state index contributed by atoms with van der Waals surface area (Å²) in [6.07, 6.45) is -1.55. The fourth-order valence-corrected chi connectivity index (χ4v) is 2.19. The molecule has 2 aromatic heterocycles. The van der Waals surface area contributed by atoms with Crippen molar-refractivity contribution in [1.29, 1.82) is 0 Å². The highest BCUT2D eigenvalue weighted by atomic mass is 16.6. The first kappa shape index (κ1) is 12.2. The third-order valence-electron chi connectivity index (χ3n) is 3.19. The number of aliphatic hydroxyl groups is 3. The lowest BCUT2D eigenvalue weighted by Crippen LogP contribution is -2.33. The van der Waals surface area contributed by atoms with Crippen LogP contribution in [0.4, 0.5) is 0 Å². The molecule has 1 aliphatic rings. The van der Waals surface area contributed by atoms with Gasteiger partial charge >= 0.3 is 0 Å². The van der Waals surface area contributed by atoms with Crippen LogP contribution in [-0.2, 0) is 4.74 Å². The maximum absolute atomic E-state index is 11.5. The Kier molecular flexibility index (Phi) is 2.82. The van der Waals surface area contributed by atoms with E-state index in [1.165, 1.54) is 17.1 Å². The minimum Gasteiger partial charge on any atom is -0.394 e. The van der Waals surface area contributed by atoms with E-state index in [0.717, 1.165) is 0 Å². The zero-order chi connectivity index (χ0) is 13.6. The van der Waals surface area contributed by atoms with Gasteiger partial charge in [-0.15, -0.1) is 0 Å². The molecule has 0 aromatic carbocycles. The number of imidazole rings is 1. The van der Waals surface area contributed by atoms with E-state index in [1.807, 2.05) is 0 Å². The number of fused-ring (bicyclic) bond motifs is 1. The van der Waals surface area contributed by atoms with Gasteiger partial charge in [0.25, 0.3) is 5.56 Å². The van der Waals surface area contributed by atoms with Gasteiger partial charge in [-0.1, -0.05) is 0 Å². The van der Waals surface area contributed by atoms with E-state index in [-0.39, 0.29) is 5.52 Å². The fraction of sp³-hybridized carbons (Fsp3) is 0.500. The van der Waals surface area contributed by atoms with Gasteiger partial charge in [0, 0.05) is 0 Å². The van der Waals surface area contributed by atoms with Crippen molar-refractivity contribution in [2.75, 3.05) is 6.61 Å². The topological polar surface area (TPSA) is 133 Å². The van der Waals surface area contributed by atoms with Crippen molar-refractivity contribution >= 4 is 11.0 Å². The van der Waals surface area contributed by atoms with Crippen molar-refractivity contribution in [2.24, 2.45) is 0 Å². The van der Waals surface area contributed by atoms with E-state index >= 15 is 0 Å². The van der Waals surface area contributed by atoms with Crippen LogP contribution < -0.4 is 5.56 Å². The molecule has 3 rings (SSSR count). The van der Waals surface area contributed by atoms with Crippen molar-refractivity contribution in [3.8, 4) is 0 Å². The third kappa shape index (κ3) is 1.75. The Morgan fingerprint density at radius 2 is 2.21 bits per heavy atom. The lowest BCUT2D eigenvalue weighted by molar-refractivity contribution is -0.0509. The third-order valence-corrected chi connectivity index (χ3v) is 3.19. The van der Waals surface area contributed by atoms with Crippen LogP contribution in [0, 0.1) is 0 Å². The first-order valence-electron chi connectivity index (χ1n) is 5.66. The van der Waals surface area contributed by atoms with Gasteiger partial charge in [-0.3, -0.25) is 9.36 Å². The molecular formula is C10H12N4O5. The summed E-state index contributed by atoms with van der Waals surface area (Å²) in [5.74, 6) is 0. The van der Waals surface area contributed by atoms with Crippen molar-refractivity contribution in [2.45, 2.75) is 24.5 Å². The van der Waals surface area contributed by atoms with Crippen LogP contribution in [0.15, 0.2) is 17.3 Å². The summed E-state index contributed by atoms with van der Waals surface area (Å²) in [6.45, 7) is -0.416. The predicted octanol–water partition coefficient (Wildman–Crippen LogP) is -2.27. The van der Waals surface area contributed by atoms with E-state index in [0.29, 0.717) is 5.52 Å². The number of hydrogen-bond acceptors (Lipinski definition) is 7. The second-order valence-electron chi connectivity index (χ2n) is 4.31. The molecule has 102 valence electrons. The quantitative estimate of drug-likeness (QED) is 0.482. The first-order chi connectivity index (χ1) is 9.13. The summed E-state index contributed by atoms with van der Waals surface area (Å²) in [6, 6.07) is 0. The first-order valence-corrected chi connectivity index (χ1v) is 5.66. The monoisotopic (exact) mass is 268 g/mol. The molecule has 1 unspecified atom stereocenters. The minimum atomic E-state index is -1.23. The number of rotatable bonds is 2. The van der Waals surface area contributed by atoms with Crippen molar-refractivity contribution in [3.05, 3.63) is 22.9 Å². The average molecular weight is 268 g/mol. The van der Waals surface area contributed by atoms with Gasteiger partial charge in [-0.2, -0.15) is 5.10 Å². The highest BCUT2D eigenvalue weighted by Gasteiger charge is 2.43. The minimum absolute atomic E-state index is 0.160. The second kappa shape index (κ2) is 4.38. The molecule has 0 spiro atoms. The average Bonchev–Trinajstić information content (AvgIpc) is 2.94. The SMILES string of the molecule is O=c1[nH]ncc2c1ncn2C1O[C@H](CO)[C@@H](O)[C@H]1O. The van der Waals surface area contributed by atoms with Gasteiger partial charge in [-0.05, 0) is 0 Å². The molecule has 19 heavy (non-hydrogen) atoms. The van der Waals surface area contributed by atoms with Crippen LogP contribution in [0.3, 0.4) is 0 Å². The van der Waals surface area contributed by atoms with Crippen molar-refractivity contribution in [3.63, 3.8) is 0 Å². The molecule has 1 fully saturated rings. The molecule has 1 saturated heterocycles. The Morgan fingerprint density at radius 1 is 1.42 bits per heavy atom. The Bertz CT molecular complexity index is 653. The molecule has 0 saturated carbocycles. The van der Waals surface area contributed by atoms with E-state index in [9.17, 15) is 15.0 Å². The standard InChI is InChI=1S/C10H12N4O5/c15-2-5-7(16)8(17)10(19-5)14-3-11-6-4(14)1-12-13-9(6)18/h1,3,5,7-8,10,15-17H,2H2,(H,13,18)/t5-,7-,8-,10?/m1/s1. The molecule has 0 aliphatic carbocycles. The zero-order valence-corrected chi connectivity index (χ0v) is 9.67. The van der Waals surface area contributed by atoms with Crippen LogP contribution in [0.2, 0.25) is 0 Å². The Hall–Kier alpha value is -1.81. The molecule has 2 aromatic rings. The van der Waals surface area contributed by atoms with Crippen LogP contribution in [0.5, 0.6) is 0 Å². The summed E-state index contributed by atoms with van der Waals surface area (Å²) >= 11 is 0. The van der Waals surface area contributed by atoms with Gasteiger partial charge in [-0.25, -0.2) is 10.1 Å². The maximum Gasteiger partial charge on any atom is 0.292 e. The molecule has 1 aliphatic heterocycles. The summed E-state index contributed by atoms with van der Waals surface area (Å²) in [4.78, 5) is 15.4. The normalized spacial score (nSPS) is 31.1. The zero-order valence-electron chi connectivity index (χ0n) is 9.67. The number of hydrogen-bond donors (Lipinski definition) is 4. The Labute approximate surface area is 106 Å². The van der Waals surface area contributed by atoms with Gasteiger partial charge in [0.15, 0.2) is 11.7 Å². The predicted molar refractivity (Wildman–Crippen MR) is 61.2 cm³/mol. The van der Waals surface area contributed by atoms with Gasteiger partial charge in [0.2, 0.25) is 0 Å². The molecule has 9 nitrogen and oxygen atoms in total. The number of nitrogens with one attached hydrogen (secondary N) is 1. The smallest absolute Gasteiger partial charge is 0.292 e. The summed E-state index contributed by atoms with van der Waals surface area (Å²) in [5.41, 5.74) is 0.0781. The molecule has 9 heteroatoms. The van der Waals surface area contributed by atoms with Crippen LogP contribution in [-0.4, -0.2) is 60.0 Å². The van der Waals surface area contributed by atoms with Crippen molar-refractivity contribution < 1.29 is 20.1 Å². The van der Waals surface area contributed by atoms with Crippen LogP contribution in [0.25, 0.3) is 11.0 Å². The summed E-state index contributed by atoms with van der Waals surface area (Å²) < 4.78 is 6.76. The lowest BCUT2D eigenvalue weighted by atomic mass is 10.1. The molecule has 3 heterocycles. The van der Waals surface area contributed by atoms with Gasteiger partial charge in [0.1, 0.15) is 18.3 Å². The van der Waals surface area contributed by atoms with E-state index in [1.54, 1.807) is 0 Å². The summed E-state index contributed by atoms with van der Waals surface area (Å²) in [5, 5.41) is 34.6. The molecule has 0 amide bonds. The number of aromatic amines is 1. The highest BCUT2D eigenvalue weighted by Crippen LogP contribution is 2.30. The van der Waals surface area contributed by atoms with E-state index < -0.39 is 36.7 Å². The number of nitrogens with zero attached hydrogens (tertiary/aromatic N) is 3. The van der Waals surface area contributed by atoms with E-state index in [2.05, 4.69) is 15.2 Å². The van der Waals surface area contributed by atoms with Crippen LogP contribution >= 0.6 is 0 Å². The fourth-order valence-electron chi connectivity index (χ4n) is 2.19. The molecule has 0 radical (unpaired) electrons. The molecule has 0 bridgehead atoms. The number of aliphatic hydroxyl groups excluding tert-OH is 3. The number of ether oxygens (including phenoxy) is 1. The Balaban J connectivity index is 2.06. The number of H-pyrrole nitrogens is 1. The van der Waals surface area contributed by atoms with E-state index in [4.69, 9.17) is 9.84 Å². The van der Waals surface area contributed by atoms with Gasteiger partial charge < -0.3 is 20.1 Å². The van der Waals surface area contributed by atoms with Crippen molar-refractivity contribution in [1.82, 2.24) is 19.7 Å². The molecule has 4 atom stereocenters. The maximum atomic E-state index is 11.5. The van der Waals surface area contributed by atoms with Gasteiger partial charge in [0.05, 0.1) is 24.6 Å². The largest absolute Gasteiger partial charge is 0.394 e. The van der Waals surface area contributed by atoms with Crippen LogP contribution in [0.1, 0.15) is 6.23 Å². The second-order valence-corrected chi connectivity index (χ2v) is 4.31. The molecule has 4 N–H and O–H groups in total. The lowest BCUT2D eigenvalue weighted by Gasteiger charge is -2.16. The Morgan fingerprint density at radius 3 is 2.89 bits per heavy atom. The number of aromatic nitrogens is 4. The molecular weight excluding hydrogens is 256 g/mol.